The normalized spacial score (nSPS) is 13.9. The maximum absolute atomic E-state index is 13.7. The molecule has 0 unspecified atom stereocenters. The third-order valence-corrected chi connectivity index (χ3v) is 6.86. The van der Waals surface area contributed by atoms with Gasteiger partial charge in [-0.3, -0.25) is 9.10 Å². The molecule has 1 aliphatic rings. The molecule has 3 rings (SSSR count). The number of hydrogen-bond acceptors (Lipinski definition) is 5. The van der Waals surface area contributed by atoms with Crippen LogP contribution >= 0.6 is 0 Å². The summed E-state index contributed by atoms with van der Waals surface area (Å²) in [5.41, 5.74) is 1.18. The van der Waals surface area contributed by atoms with E-state index in [1.54, 1.807) is 47.4 Å². The SMILES string of the molecule is CCOc1ccc(N(CC(=O)N2CCCC2)S(=O)(=O)c2cc(C)ccc2OC)cc1. The van der Waals surface area contributed by atoms with Crippen LogP contribution in [0.5, 0.6) is 11.5 Å². The second-order valence-corrected chi connectivity index (χ2v) is 9.01. The van der Waals surface area contributed by atoms with E-state index < -0.39 is 10.0 Å². The van der Waals surface area contributed by atoms with Crippen LogP contribution in [0, 0.1) is 6.92 Å². The summed E-state index contributed by atoms with van der Waals surface area (Å²) in [5, 5.41) is 0. The average Bonchev–Trinajstić information content (AvgIpc) is 3.28. The van der Waals surface area contributed by atoms with Crippen LogP contribution in [0.25, 0.3) is 0 Å². The predicted octanol–water partition coefficient (Wildman–Crippen LogP) is 3.22. The summed E-state index contributed by atoms with van der Waals surface area (Å²) in [5.74, 6) is 0.666. The van der Waals surface area contributed by atoms with E-state index in [0.29, 0.717) is 31.1 Å². The Morgan fingerprint density at radius 2 is 1.77 bits per heavy atom. The van der Waals surface area contributed by atoms with E-state index >= 15 is 0 Å². The van der Waals surface area contributed by atoms with E-state index in [1.807, 2.05) is 13.8 Å². The molecule has 1 heterocycles. The van der Waals surface area contributed by atoms with Crippen LogP contribution in [0.15, 0.2) is 47.4 Å². The van der Waals surface area contributed by atoms with Crippen LogP contribution in [0.2, 0.25) is 0 Å². The van der Waals surface area contributed by atoms with Gasteiger partial charge in [0.1, 0.15) is 22.9 Å². The molecule has 8 heteroatoms. The minimum absolute atomic E-state index is 0.0353. The van der Waals surface area contributed by atoms with Gasteiger partial charge >= 0.3 is 0 Å². The van der Waals surface area contributed by atoms with Crippen LogP contribution in [-0.2, 0) is 14.8 Å². The molecule has 162 valence electrons. The number of hydrogen-bond donors (Lipinski definition) is 0. The second-order valence-electron chi connectivity index (χ2n) is 7.18. The lowest BCUT2D eigenvalue weighted by molar-refractivity contribution is -0.128. The fraction of sp³-hybridized carbons (Fsp3) is 0.409. The largest absolute Gasteiger partial charge is 0.495 e. The first kappa shape index (κ1) is 22.0. The van der Waals surface area contributed by atoms with Crippen molar-refractivity contribution < 1.29 is 22.7 Å². The average molecular weight is 433 g/mol. The number of carbonyl (C=O) groups excluding carboxylic acids is 1. The van der Waals surface area contributed by atoms with Crippen molar-refractivity contribution in [3.05, 3.63) is 48.0 Å². The zero-order valence-corrected chi connectivity index (χ0v) is 18.4. The van der Waals surface area contributed by atoms with Gasteiger partial charge in [-0.25, -0.2) is 8.42 Å². The molecular weight excluding hydrogens is 404 g/mol. The number of amides is 1. The summed E-state index contributed by atoms with van der Waals surface area (Å²) in [6.07, 6.45) is 1.88. The number of carbonyl (C=O) groups is 1. The molecular formula is C22H28N2O5S. The third kappa shape index (κ3) is 4.70. The minimum Gasteiger partial charge on any atom is -0.495 e. The number of rotatable bonds is 8. The van der Waals surface area contributed by atoms with Crippen LogP contribution in [-0.4, -0.2) is 52.6 Å². The molecule has 7 nitrogen and oxygen atoms in total. The van der Waals surface area contributed by atoms with Gasteiger partial charge in [-0.05, 0) is 68.7 Å². The Labute approximate surface area is 178 Å². The van der Waals surface area contributed by atoms with E-state index in [9.17, 15) is 13.2 Å². The highest BCUT2D eigenvalue weighted by molar-refractivity contribution is 7.93. The summed E-state index contributed by atoms with van der Waals surface area (Å²) in [6, 6.07) is 11.7. The molecule has 1 aliphatic heterocycles. The number of benzene rings is 2. The van der Waals surface area contributed by atoms with Crippen LogP contribution < -0.4 is 13.8 Å². The maximum Gasteiger partial charge on any atom is 0.268 e. The lowest BCUT2D eigenvalue weighted by atomic mass is 10.2. The van der Waals surface area contributed by atoms with Crippen molar-refractivity contribution in [2.45, 2.75) is 31.6 Å². The smallest absolute Gasteiger partial charge is 0.268 e. The summed E-state index contributed by atoms with van der Waals surface area (Å²) in [4.78, 5) is 14.6. The van der Waals surface area contributed by atoms with Crippen LogP contribution in [0.3, 0.4) is 0 Å². The van der Waals surface area contributed by atoms with Crippen molar-refractivity contribution >= 4 is 21.6 Å². The van der Waals surface area contributed by atoms with Crippen molar-refractivity contribution in [1.29, 1.82) is 0 Å². The van der Waals surface area contributed by atoms with E-state index in [-0.39, 0.29) is 23.1 Å². The highest BCUT2D eigenvalue weighted by Gasteiger charge is 2.32. The molecule has 2 aromatic carbocycles. The van der Waals surface area contributed by atoms with Gasteiger partial charge in [-0.2, -0.15) is 0 Å². The fourth-order valence-electron chi connectivity index (χ4n) is 3.48. The second kappa shape index (κ2) is 9.38. The molecule has 0 aromatic heterocycles. The number of ether oxygens (including phenoxy) is 2. The van der Waals surface area contributed by atoms with Crippen LogP contribution in [0.1, 0.15) is 25.3 Å². The van der Waals surface area contributed by atoms with E-state index in [4.69, 9.17) is 9.47 Å². The molecule has 1 fully saturated rings. The lowest BCUT2D eigenvalue weighted by Crippen LogP contribution is -2.42. The molecule has 1 amide bonds. The highest BCUT2D eigenvalue weighted by atomic mass is 32.2. The molecule has 0 bridgehead atoms. The predicted molar refractivity (Wildman–Crippen MR) is 116 cm³/mol. The zero-order chi connectivity index (χ0) is 21.7. The number of sulfonamides is 1. The molecule has 1 saturated heterocycles. The molecule has 0 aliphatic carbocycles. The number of likely N-dealkylation sites (tertiary alicyclic amines) is 1. The molecule has 0 radical (unpaired) electrons. The first-order valence-corrected chi connectivity index (χ1v) is 11.5. The lowest BCUT2D eigenvalue weighted by Gasteiger charge is -2.27. The molecule has 0 N–H and O–H groups in total. The summed E-state index contributed by atoms with van der Waals surface area (Å²) < 4.78 is 39.3. The topological polar surface area (TPSA) is 76.2 Å². The summed E-state index contributed by atoms with van der Waals surface area (Å²) in [7, 11) is -2.62. The van der Waals surface area contributed by atoms with E-state index in [1.165, 1.54) is 7.11 Å². The Morgan fingerprint density at radius 1 is 1.10 bits per heavy atom. The van der Waals surface area contributed by atoms with Gasteiger partial charge in [0, 0.05) is 13.1 Å². The van der Waals surface area contributed by atoms with Gasteiger partial charge in [0.05, 0.1) is 19.4 Å². The van der Waals surface area contributed by atoms with E-state index in [2.05, 4.69) is 0 Å². The van der Waals surface area contributed by atoms with Gasteiger partial charge in [0.2, 0.25) is 5.91 Å². The summed E-state index contributed by atoms with van der Waals surface area (Å²) >= 11 is 0. The molecule has 30 heavy (non-hydrogen) atoms. The number of nitrogens with zero attached hydrogens (tertiary/aromatic N) is 2. The molecule has 0 atom stereocenters. The first-order chi connectivity index (χ1) is 14.4. The Morgan fingerprint density at radius 3 is 2.37 bits per heavy atom. The molecule has 0 saturated carbocycles. The van der Waals surface area contributed by atoms with Gasteiger partial charge in [-0.1, -0.05) is 6.07 Å². The Kier molecular flexibility index (Phi) is 6.87. The number of anilines is 1. The van der Waals surface area contributed by atoms with Gasteiger partial charge in [-0.15, -0.1) is 0 Å². The highest BCUT2D eigenvalue weighted by Crippen LogP contribution is 2.32. The number of methoxy groups -OCH3 is 1. The maximum atomic E-state index is 13.7. The Bertz CT molecular complexity index is 983. The van der Waals surface area contributed by atoms with Crippen molar-refractivity contribution in [3.8, 4) is 11.5 Å². The minimum atomic E-state index is -4.05. The Hall–Kier alpha value is -2.74. The first-order valence-electron chi connectivity index (χ1n) is 10.0. The standard InChI is InChI=1S/C22H28N2O5S/c1-4-29-19-10-8-18(9-11-19)24(16-22(25)23-13-5-6-14-23)30(26,27)21-15-17(2)7-12-20(21)28-3/h7-12,15H,4-6,13-14,16H2,1-3H3. The van der Waals surface area contributed by atoms with Crippen molar-refractivity contribution in [2.75, 3.05) is 37.7 Å². The molecule has 0 spiro atoms. The Balaban J connectivity index is 2.03. The van der Waals surface area contributed by atoms with Gasteiger partial charge in [0.25, 0.3) is 10.0 Å². The van der Waals surface area contributed by atoms with Gasteiger partial charge in [0.15, 0.2) is 0 Å². The van der Waals surface area contributed by atoms with Crippen molar-refractivity contribution in [3.63, 3.8) is 0 Å². The quantitative estimate of drug-likeness (QED) is 0.640. The number of aryl methyl sites for hydroxylation is 1. The monoisotopic (exact) mass is 432 g/mol. The zero-order valence-electron chi connectivity index (χ0n) is 17.6. The van der Waals surface area contributed by atoms with Crippen LogP contribution in [0.4, 0.5) is 5.69 Å². The van der Waals surface area contributed by atoms with Gasteiger partial charge < -0.3 is 14.4 Å². The van der Waals surface area contributed by atoms with Crippen molar-refractivity contribution in [2.24, 2.45) is 0 Å². The molecule has 2 aromatic rings. The fourth-order valence-corrected chi connectivity index (χ4v) is 5.14. The van der Waals surface area contributed by atoms with Crippen molar-refractivity contribution in [1.82, 2.24) is 4.90 Å². The van der Waals surface area contributed by atoms with E-state index in [0.717, 1.165) is 22.7 Å². The third-order valence-electron chi connectivity index (χ3n) is 5.06. The summed E-state index contributed by atoms with van der Waals surface area (Å²) in [6.45, 7) is 5.24.